The summed E-state index contributed by atoms with van der Waals surface area (Å²) in [6, 6.07) is 2.46. The molecule has 4 nitrogen and oxygen atoms in total. The van der Waals surface area contributed by atoms with Crippen molar-refractivity contribution in [3.8, 4) is 0 Å². The molecule has 0 aromatic rings. The Hall–Kier alpha value is 0.274. The molecule has 0 aliphatic carbocycles. The number of epoxide rings is 2. The van der Waals surface area contributed by atoms with Crippen molar-refractivity contribution in [1.82, 2.24) is 0 Å². The molecule has 4 atom stereocenters. The lowest BCUT2D eigenvalue weighted by Gasteiger charge is -2.38. The molecule has 0 radical (unpaired) electrons. The summed E-state index contributed by atoms with van der Waals surface area (Å²) in [6.07, 6.45) is 2.99. The van der Waals surface area contributed by atoms with E-state index in [1.165, 1.54) is 12.1 Å². The Bertz CT molecular complexity index is 328. The molecular weight excluding hydrogens is 312 g/mol. The minimum atomic E-state index is -1.30. The van der Waals surface area contributed by atoms with Crippen LogP contribution < -0.4 is 0 Å². The van der Waals surface area contributed by atoms with E-state index >= 15 is 0 Å². The first-order chi connectivity index (χ1) is 10.3. The first-order valence-electron chi connectivity index (χ1n) is 8.85. The third kappa shape index (κ3) is 4.88. The van der Waals surface area contributed by atoms with E-state index in [0.29, 0.717) is 12.2 Å². The first-order valence-corrected chi connectivity index (χ1v) is 16.3. The standard InChI is InChI=1S/C16H34O4Si2/c1-7-9-17-15-13(19-15)11-21(3,4)22(5,6)12-14-16(20-14)18-10-8-2/h13-16H,7-12H2,1-6H3/t13-,14+,15-,16+. The van der Waals surface area contributed by atoms with Crippen molar-refractivity contribution in [3.63, 3.8) is 0 Å². The van der Waals surface area contributed by atoms with Gasteiger partial charge < -0.3 is 18.9 Å². The lowest BCUT2D eigenvalue weighted by Crippen LogP contribution is -2.56. The van der Waals surface area contributed by atoms with E-state index in [0.717, 1.165) is 26.1 Å². The monoisotopic (exact) mass is 346 g/mol. The van der Waals surface area contributed by atoms with E-state index in [9.17, 15) is 0 Å². The van der Waals surface area contributed by atoms with Crippen molar-refractivity contribution in [2.75, 3.05) is 13.2 Å². The van der Waals surface area contributed by atoms with Gasteiger partial charge in [-0.05, 0) is 24.9 Å². The van der Waals surface area contributed by atoms with E-state index in [1.54, 1.807) is 0 Å². The zero-order valence-electron chi connectivity index (χ0n) is 15.2. The molecule has 0 spiro atoms. The van der Waals surface area contributed by atoms with Gasteiger partial charge in [0.25, 0.3) is 0 Å². The lowest BCUT2D eigenvalue weighted by atomic mass is 10.5. The number of hydrogen-bond donors (Lipinski definition) is 0. The minimum absolute atomic E-state index is 0.0781. The van der Waals surface area contributed by atoms with Crippen LogP contribution in [0.4, 0.5) is 0 Å². The van der Waals surface area contributed by atoms with Crippen LogP contribution in [0.15, 0.2) is 0 Å². The van der Waals surface area contributed by atoms with Gasteiger partial charge in [0.2, 0.25) is 0 Å². The largest absolute Gasteiger partial charge is 0.350 e. The maximum absolute atomic E-state index is 5.72. The molecule has 0 N–H and O–H groups in total. The summed E-state index contributed by atoms with van der Waals surface area (Å²) in [5, 5.41) is 0. The second-order valence-corrected chi connectivity index (χ2v) is 24.5. The smallest absolute Gasteiger partial charge is 0.184 e. The van der Waals surface area contributed by atoms with E-state index in [-0.39, 0.29) is 12.6 Å². The average Bonchev–Trinajstić information content (AvgIpc) is 3.32. The fourth-order valence-corrected chi connectivity index (χ4v) is 11.1. The molecule has 22 heavy (non-hydrogen) atoms. The highest BCUT2D eigenvalue weighted by atomic mass is 29.3. The molecule has 6 heteroatoms. The predicted octanol–water partition coefficient (Wildman–Crippen LogP) is 3.78. The fraction of sp³-hybridized carbons (Fsp3) is 1.00. The summed E-state index contributed by atoms with van der Waals surface area (Å²) in [7, 11) is -2.60. The summed E-state index contributed by atoms with van der Waals surface area (Å²) in [6.45, 7) is 16.0. The molecule has 2 heterocycles. The van der Waals surface area contributed by atoms with Crippen LogP contribution in [0.3, 0.4) is 0 Å². The Labute approximate surface area is 137 Å². The Balaban J connectivity index is 1.76. The van der Waals surface area contributed by atoms with Crippen LogP contribution in [0.2, 0.25) is 38.3 Å². The number of ether oxygens (including phenoxy) is 4. The topological polar surface area (TPSA) is 43.5 Å². The Morgan fingerprint density at radius 2 is 1.09 bits per heavy atom. The predicted molar refractivity (Wildman–Crippen MR) is 94.4 cm³/mol. The molecule has 2 aliphatic heterocycles. The normalized spacial score (nSPS) is 31.4. The highest BCUT2D eigenvalue weighted by Gasteiger charge is 2.53. The number of rotatable bonds is 11. The molecule has 0 aromatic carbocycles. The maximum Gasteiger partial charge on any atom is 0.184 e. The van der Waals surface area contributed by atoms with Crippen molar-refractivity contribution in [3.05, 3.63) is 0 Å². The SMILES string of the molecule is CCCO[C@H]1O[C@H]1C[Si](C)(C)[Si](C)(C)C[C@H]1O[C@H]1OCCC. The summed E-state index contributed by atoms with van der Waals surface area (Å²) < 4.78 is 22.8. The molecule has 2 saturated heterocycles. The highest BCUT2D eigenvalue weighted by Crippen LogP contribution is 2.40. The second-order valence-electron chi connectivity index (χ2n) is 8.00. The summed E-state index contributed by atoms with van der Waals surface area (Å²) >= 11 is 0. The quantitative estimate of drug-likeness (QED) is 0.422. The van der Waals surface area contributed by atoms with Crippen molar-refractivity contribution in [2.24, 2.45) is 0 Å². The Morgan fingerprint density at radius 1 is 0.727 bits per heavy atom. The van der Waals surface area contributed by atoms with Gasteiger partial charge in [-0.15, -0.1) is 0 Å². The van der Waals surface area contributed by atoms with Crippen molar-refractivity contribution >= 4 is 15.2 Å². The molecule has 2 aliphatic rings. The maximum atomic E-state index is 5.72. The molecule has 2 fully saturated rings. The molecule has 130 valence electrons. The first kappa shape index (κ1) is 18.6. The van der Waals surface area contributed by atoms with Crippen molar-refractivity contribution in [2.45, 2.75) is 89.8 Å². The van der Waals surface area contributed by atoms with Gasteiger partial charge in [0.15, 0.2) is 12.6 Å². The van der Waals surface area contributed by atoms with Gasteiger partial charge in [0, 0.05) is 28.4 Å². The molecule has 0 amide bonds. The Morgan fingerprint density at radius 3 is 1.41 bits per heavy atom. The van der Waals surface area contributed by atoms with Gasteiger partial charge in [-0.3, -0.25) is 0 Å². The summed E-state index contributed by atoms with van der Waals surface area (Å²) in [4.78, 5) is 0. The molecule has 0 bridgehead atoms. The molecule has 0 aromatic heterocycles. The fourth-order valence-electron chi connectivity index (χ4n) is 2.86. The second kappa shape index (κ2) is 7.44. The number of hydrogen-bond acceptors (Lipinski definition) is 4. The zero-order valence-corrected chi connectivity index (χ0v) is 17.2. The third-order valence-electron chi connectivity index (χ3n) is 5.30. The van der Waals surface area contributed by atoms with E-state index < -0.39 is 15.2 Å². The zero-order chi connectivity index (χ0) is 16.4. The van der Waals surface area contributed by atoms with Gasteiger partial charge in [-0.2, -0.15) is 0 Å². The summed E-state index contributed by atoms with van der Waals surface area (Å²) in [5.41, 5.74) is 0. The van der Waals surface area contributed by atoms with Gasteiger partial charge in [0.1, 0.15) is 12.2 Å². The minimum Gasteiger partial charge on any atom is -0.350 e. The third-order valence-corrected chi connectivity index (χ3v) is 24.0. The van der Waals surface area contributed by atoms with Crippen LogP contribution in [-0.4, -0.2) is 53.2 Å². The molecule has 2 rings (SSSR count). The van der Waals surface area contributed by atoms with Crippen molar-refractivity contribution in [1.29, 1.82) is 0 Å². The molecule has 0 saturated carbocycles. The van der Waals surface area contributed by atoms with Gasteiger partial charge in [0.05, 0.1) is 0 Å². The van der Waals surface area contributed by atoms with Gasteiger partial charge in [-0.25, -0.2) is 0 Å². The van der Waals surface area contributed by atoms with E-state index in [1.807, 2.05) is 0 Å². The average molecular weight is 347 g/mol. The van der Waals surface area contributed by atoms with Gasteiger partial charge in [-0.1, -0.05) is 40.0 Å². The van der Waals surface area contributed by atoms with E-state index in [4.69, 9.17) is 18.9 Å². The van der Waals surface area contributed by atoms with E-state index in [2.05, 4.69) is 40.0 Å². The van der Waals surface area contributed by atoms with Crippen LogP contribution in [0.1, 0.15) is 26.7 Å². The summed E-state index contributed by atoms with van der Waals surface area (Å²) in [5.74, 6) is 0. The molecule has 0 unspecified atom stereocenters. The van der Waals surface area contributed by atoms with Crippen LogP contribution in [0, 0.1) is 0 Å². The van der Waals surface area contributed by atoms with Crippen LogP contribution >= 0.6 is 0 Å². The van der Waals surface area contributed by atoms with Crippen LogP contribution in [0.5, 0.6) is 0 Å². The van der Waals surface area contributed by atoms with Gasteiger partial charge >= 0.3 is 0 Å². The highest BCUT2D eigenvalue weighted by molar-refractivity contribution is 7.40. The lowest BCUT2D eigenvalue weighted by molar-refractivity contribution is 0.0505. The van der Waals surface area contributed by atoms with Crippen molar-refractivity contribution < 1.29 is 18.9 Å². The molecular formula is C16H34O4Si2. The van der Waals surface area contributed by atoms with Crippen LogP contribution in [0.25, 0.3) is 0 Å². The Kier molecular flexibility index (Phi) is 6.30. The van der Waals surface area contributed by atoms with Crippen LogP contribution in [-0.2, 0) is 18.9 Å².